The third kappa shape index (κ3) is 5.53. The van der Waals surface area contributed by atoms with Crippen LogP contribution in [0, 0.1) is 5.92 Å². The first kappa shape index (κ1) is 8.66. The lowest BCUT2D eigenvalue weighted by Crippen LogP contribution is -2.01. The number of rotatable bonds is 4. The van der Waals surface area contributed by atoms with E-state index < -0.39 is 0 Å². The summed E-state index contributed by atoms with van der Waals surface area (Å²) >= 11 is 0. The molecule has 0 bridgehead atoms. The van der Waals surface area contributed by atoms with Crippen LogP contribution in [0.25, 0.3) is 0 Å². The first-order chi connectivity index (χ1) is 4.31. The highest BCUT2D eigenvalue weighted by Gasteiger charge is 1.91. The summed E-state index contributed by atoms with van der Waals surface area (Å²) in [6, 6.07) is 0. The Balaban J connectivity index is 3.25. The number of hydrogen-bond acceptors (Lipinski definition) is 2. The van der Waals surface area contributed by atoms with Crippen LogP contribution in [0.4, 0.5) is 0 Å². The van der Waals surface area contributed by atoms with E-state index >= 15 is 0 Å². The summed E-state index contributed by atoms with van der Waals surface area (Å²) in [5, 5.41) is 0. The van der Waals surface area contributed by atoms with Crippen molar-refractivity contribution in [2.75, 3.05) is 20.3 Å². The molecule has 0 aromatic heterocycles. The normalized spacial score (nSPS) is 14.6. The zero-order valence-corrected chi connectivity index (χ0v) is 6.13. The van der Waals surface area contributed by atoms with Crippen molar-refractivity contribution in [1.29, 1.82) is 0 Å². The zero-order valence-electron chi connectivity index (χ0n) is 6.13. The van der Waals surface area contributed by atoms with Crippen LogP contribution in [0.2, 0.25) is 0 Å². The van der Waals surface area contributed by atoms with Gasteiger partial charge in [0, 0.05) is 13.7 Å². The monoisotopic (exact) mass is 129 g/mol. The van der Waals surface area contributed by atoms with Crippen LogP contribution < -0.4 is 5.73 Å². The molecule has 0 saturated heterocycles. The second kappa shape index (κ2) is 5.79. The topological polar surface area (TPSA) is 35.2 Å². The second-order valence-corrected chi connectivity index (χ2v) is 2.10. The summed E-state index contributed by atoms with van der Waals surface area (Å²) in [5.74, 6) is 0.485. The quantitative estimate of drug-likeness (QED) is 0.569. The summed E-state index contributed by atoms with van der Waals surface area (Å²) in [5.41, 5.74) is 5.25. The fourth-order valence-electron chi connectivity index (χ4n) is 0.629. The van der Waals surface area contributed by atoms with Crippen molar-refractivity contribution in [3.63, 3.8) is 0 Å². The van der Waals surface area contributed by atoms with Gasteiger partial charge in [-0.25, -0.2) is 0 Å². The molecular weight excluding hydrogens is 114 g/mol. The molecule has 9 heavy (non-hydrogen) atoms. The largest absolute Gasteiger partial charge is 0.384 e. The highest BCUT2D eigenvalue weighted by atomic mass is 16.5. The van der Waals surface area contributed by atoms with Gasteiger partial charge >= 0.3 is 0 Å². The van der Waals surface area contributed by atoms with E-state index in [1.165, 1.54) is 0 Å². The first-order valence-electron chi connectivity index (χ1n) is 3.17. The maximum Gasteiger partial charge on any atom is 0.0522 e. The van der Waals surface area contributed by atoms with Crippen LogP contribution in [-0.2, 0) is 4.74 Å². The van der Waals surface area contributed by atoms with Gasteiger partial charge < -0.3 is 10.5 Å². The molecule has 54 valence electrons. The van der Waals surface area contributed by atoms with Crippen LogP contribution in [-0.4, -0.2) is 20.3 Å². The van der Waals surface area contributed by atoms with Crippen molar-refractivity contribution in [2.24, 2.45) is 11.7 Å². The predicted octanol–water partition coefficient (Wildman–Crippen LogP) is 0.784. The van der Waals surface area contributed by atoms with Crippen LogP contribution in [0.5, 0.6) is 0 Å². The molecule has 0 radical (unpaired) electrons. The highest BCUT2D eigenvalue weighted by Crippen LogP contribution is 1.95. The number of hydrogen-bond donors (Lipinski definition) is 1. The molecule has 1 unspecified atom stereocenters. The standard InChI is InChI=1S/C7H15NO/c1-7(6-9-2)4-3-5-8/h3-4,7H,5-6,8H2,1-2H3/b4-3+. The molecule has 0 amide bonds. The first-order valence-corrected chi connectivity index (χ1v) is 3.17. The molecule has 0 heterocycles. The van der Waals surface area contributed by atoms with Gasteiger partial charge in [0.15, 0.2) is 0 Å². The highest BCUT2D eigenvalue weighted by molar-refractivity contribution is 4.86. The Hall–Kier alpha value is -0.340. The zero-order chi connectivity index (χ0) is 7.11. The van der Waals surface area contributed by atoms with Crippen LogP contribution in [0.3, 0.4) is 0 Å². The molecule has 2 heteroatoms. The van der Waals surface area contributed by atoms with E-state index in [4.69, 9.17) is 10.5 Å². The lowest BCUT2D eigenvalue weighted by Gasteiger charge is -2.01. The molecule has 0 aliphatic heterocycles. The van der Waals surface area contributed by atoms with Crippen molar-refractivity contribution in [3.05, 3.63) is 12.2 Å². The van der Waals surface area contributed by atoms with Crippen molar-refractivity contribution in [2.45, 2.75) is 6.92 Å². The van der Waals surface area contributed by atoms with Gasteiger partial charge in [-0.05, 0) is 5.92 Å². The Morgan fingerprint density at radius 1 is 1.67 bits per heavy atom. The average Bonchev–Trinajstić information content (AvgIpc) is 1.85. The molecule has 0 aromatic carbocycles. The number of ether oxygens (including phenoxy) is 1. The molecule has 2 nitrogen and oxygen atoms in total. The maximum absolute atomic E-state index is 5.25. The smallest absolute Gasteiger partial charge is 0.0522 e. The van der Waals surface area contributed by atoms with Crippen molar-refractivity contribution >= 4 is 0 Å². The van der Waals surface area contributed by atoms with Crippen LogP contribution in [0.15, 0.2) is 12.2 Å². The predicted molar refractivity (Wildman–Crippen MR) is 39.2 cm³/mol. The molecule has 1 atom stereocenters. The van der Waals surface area contributed by atoms with Crippen molar-refractivity contribution < 1.29 is 4.74 Å². The molecule has 0 aliphatic rings. The Kier molecular flexibility index (Phi) is 5.57. The maximum atomic E-state index is 5.25. The van der Waals surface area contributed by atoms with Gasteiger partial charge in [-0.1, -0.05) is 19.1 Å². The third-order valence-electron chi connectivity index (χ3n) is 1.03. The number of methoxy groups -OCH3 is 1. The van der Waals surface area contributed by atoms with Crippen LogP contribution >= 0.6 is 0 Å². The van der Waals surface area contributed by atoms with Gasteiger partial charge in [0.05, 0.1) is 6.61 Å². The Morgan fingerprint density at radius 2 is 2.33 bits per heavy atom. The summed E-state index contributed by atoms with van der Waals surface area (Å²) in [6.45, 7) is 3.49. The second-order valence-electron chi connectivity index (χ2n) is 2.10. The molecule has 0 aliphatic carbocycles. The van der Waals surface area contributed by atoms with Gasteiger partial charge in [0.2, 0.25) is 0 Å². The lowest BCUT2D eigenvalue weighted by atomic mass is 10.2. The molecule has 0 rings (SSSR count). The van der Waals surface area contributed by atoms with E-state index in [1.54, 1.807) is 7.11 Å². The molecule has 0 fully saturated rings. The minimum atomic E-state index is 0.485. The van der Waals surface area contributed by atoms with E-state index in [9.17, 15) is 0 Å². The summed E-state index contributed by atoms with van der Waals surface area (Å²) in [4.78, 5) is 0. The van der Waals surface area contributed by atoms with Gasteiger partial charge in [-0.2, -0.15) is 0 Å². The van der Waals surface area contributed by atoms with E-state index in [1.807, 2.05) is 6.08 Å². The fourth-order valence-corrected chi connectivity index (χ4v) is 0.629. The SMILES string of the molecule is COCC(C)/C=C/CN. The molecule has 0 saturated carbocycles. The Bertz CT molecular complexity index is 81.0. The summed E-state index contributed by atoms with van der Waals surface area (Å²) in [6.07, 6.45) is 4.01. The van der Waals surface area contributed by atoms with E-state index in [-0.39, 0.29) is 0 Å². The minimum absolute atomic E-state index is 0.485. The van der Waals surface area contributed by atoms with E-state index in [2.05, 4.69) is 13.0 Å². The third-order valence-corrected chi connectivity index (χ3v) is 1.03. The van der Waals surface area contributed by atoms with Gasteiger partial charge in [0.1, 0.15) is 0 Å². The van der Waals surface area contributed by atoms with Crippen LogP contribution in [0.1, 0.15) is 6.92 Å². The summed E-state index contributed by atoms with van der Waals surface area (Å²) in [7, 11) is 1.70. The molecule has 0 spiro atoms. The van der Waals surface area contributed by atoms with Crippen molar-refractivity contribution in [1.82, 2.24) is 0 Å². The van der Waals surface area contributed by atoms with Gasteiger partial charge in [0.25, 0.3) is 0 Å². The Morgan fingerprint density at radius 3 is 2.78 bits per heavy atom. The fraction of sp³-hybridized carbons (Fsp3) is 0.714. The van der Waals surface area contributed by atoms with E-state index in [0.29, 0.717) is 12.5 Å². The van der Waals surface area contributed by atoms with Gasteiger partial charge in [-0.15, -0.1) is 0 Å². The molecular formula is C7H15NO. The van der Waals surface area contributed by atoms with Gasteiger partial charge in [-0.3, -0.25) is 0 Å². The van der Waals surface area contributed by atoms with Crippen molar-refractivity contribution in [3.8, 4) is 0 Å². The lowest BCUT2D eigenvalue weighted by molar-refractivity contribution is 0.176. The number of nitrogens with two attached hydrogens (primary N) is 1. The minimum Gasteiger partial charge on any atom is -0.384 e. The molecule has 2 N–H and O–H groups in total. The van der Waals surface area contributed by atoms with E-state index in [0.717, 1.165) is 6.61 Å². The summed E-state index contributed by atoms with van der Waals surface area (Å²) < 4.78 is 4.91. The Labute approximate surface area is 56.7 Å². The molecule has 0 aromatic rings. The average molecular weight is 129 g/mol.